The van der Waals surface area contributed by atoms with Gasteiger partial charge in [-0.05, 0) is 37.8 Å². The third kappa shape index (κ3) is 4.18. The molecule has 1 aromatic carbocycles. The number of nitrogens with zero attached hydrogens (tertiary/aromatic N) is 1. The average molecular weight is 280 g/mol. The summed E-state index contributed by atoms with van der Waals surface area (Å²) in [6.45, 7) is 6.03. The van der Waals surface area contributed by atoms with Gasteiger partial charge in [0.15, 0.2) is 0 Å². The zero-order valence-electron chi connectivity index (χ0n) is 12.5. The fourth-order valence-corrected chi connectivity index (χ4v) is 2.42. The fourth-order valence-electron chi connectivity index (χ4n) is 2.42. The number of nitrogens with one attached hydrogen (secondary N) is 1. The molecule has 1 aliphatic carbocycles. The van der Waals surface area contributed by atoms with Crippen LogP contribution in [0.25, 0.3) is 0 Å². The van der Waals surface area contributed by atoms with Crippen molar-refractivity contribution >= 4 is 5.69 Å². The van der Waals surface area contributed by atoms with Gasteiger partial charge in [0.1, 0.15) is 5.82 Å². The van der Waals surface area contributed by atoms with Crippen LogP contribution in [0.2, 0.25) is 0 Å². The summed E-state index contributed by atoms with van der Waals surface area (Å²) in [5.41, 5.74) is 1.80. The van der Waals surface area contributed by atoms with Gasteiger partial charge < -0.3 is 15.0 Å². The highest BCUT2D eigenvalue weighted by molar-refractivity contribution is 5.54. The second-order valence-electron chi connectivity index (χ2n) is 5.39. The molecule has 0 saturated heterocycles. The highest BCUT2D eigenvalue weighted by atomic mass is 19.1. The standard InChI is InChI=1S/C16H25FN2O/c1-3-19(12-13-7-8-13)16-6-4-5-15(17)14(16)11-18-9-10-20-2/h4-6,13,18H,3,7-12H2,1-2H3. The Morgan fingerprint density at radius 3 is 2.85 bits per heavy atom. The zero-order valence-corrected chi connectivity index (χ0v) is 12.5. The normalized spacial score (nSPS) is 14.6. The lowest BCUT2D eigenvalue weighted by atomic mass is 10.1. The highest BCUT2D eigenvalue weighted by Crippen LogP contribution is 2.32. The number of methoxy groups -OCH3 is 1. The Kier molecular flexibility index (Phi) is 5.80. The topological polar surface area (TPSA) is 24.5 Å². The second kappa shape index (κ2) is 7.60. The van der Waals surface area contributed by atoms with Crippen molar-refractivity contribution in [1.82, 2.24) is 5.32 Å². The molecule has 1 aromatic rings. The van der Waals surface area contributed by atoms with E-state index in [1.807, 2.05) is 6.07 Å². The summed E-state index contributed by atoms with van der Waals surface area (Å²) in [4.78, 5) is 2.30. The molecule has 2 rings (SSSR count). The molecule has 0 radical (unpaired) electrons. The van der Waals surface area contributed by atoms with Crippen LogP contribution in [0.15, 0.2) is 18.2 Å². The smallest absolute Gasteiger partial charge is 0.129 e. The van der Waals surface area contributed by atoms with E-state index in [2.05, 4.69) is 17.1 Å². The zero-order chi connectivity index (χ0) is 14.4. The van der Waals surface area contributed by atoms with E-state index >= 15 is 0 Å². The first kappa shape index (κ1) is 15.3. The van der Waals surface area contributed by atoms with Crippen molar-refractivity contribution in [2.24, 2.45) is 5.92 Å². The summed E-state index contributed by atoms with van der Waals surface area (Å²) in [5, 5.41) is 3.24. The second-order valence-corrected chi connectivity index (χ2v) is 5.39. The predicted octanol–water partition coefficient (Wildman–Crippen LogP) is 2.80. The largest absolute Gasteiger partial charge is 0.383 e. The molecule has 3 nitrogen and oxygen atoms in total. The van der Waals surface area contributed by atoms with Crippen molar-refractivity contribution in [2.45, 2.75) is 26.3 Å². The van der Waals surface area contributed by atoms with Gasteiger partial charge in [0.25, 0.3) is 0 Å². The molecule has 1 N–H and O–H groups in total. The number of ether oxygens (including phenoxy) is 1. The summed E-state index contributed by atoms with van der Waals surface area (Å²) in [7, 11) is 1.67. The van der Waals surface area contributed by atoms with Crippen molar-refractivity contribution in [3.8, 4) is 0 Å². The Hall–Kier alpha value is -1.13. The third-order valence-corrected chi connectivity index (χ3v) is 3.78. The van der Waals surface area contributed by atoms with Crippen LogP contribution in [-0.4, -0.2) is 33.4 Å². The molecular formula is C16H25FN2O. The minimum atomic E-state index is -0.123. The molecule has 0 unspecified atom stereocenters. The molecule has 0 bridgehead atoms. The van der Waals surface area contributed by atoms with Crippen molar-refractivity contribution in [1.29, 1.82) is 0 Å². The van der Waals surface area contributed by atoms with Crippen LogP contribution in [0.1, 0.15) is 25.3 Å². The molecule has 4 heteroatoms. The molecule has 112 valence electrons. The van der Waals surface area contributed by atoms with Gasteiger partial charge >= 0.3 is 0 Å². The van der Waals surface area contributed by atoms with Gasteiger partial charge in [-0.15, -0.1) is 0 Å². The van der Waals surface area contributed by atoms with E-state index in [0.717, 1.165) is 36.8 Å². The van der Waals surface area contributed by atoms with E-state index in [4.69, 9.17) is 4.74 Å². The Morgan fingerprint density at radius 2 is 2.20 bits per heavy atom. The number of hydrogen-bond donors (Lipinski definition) is 1. The van der Waals surface area contributed by atoms with E-state index in [1.54, 1.807) is 19.2 Å². The summed E-state index contributed by atoms with van der Waals surface area (Å²) < 4.78 is 19.1. The minimum absolute atomic E-state index is 0.123. The molecule has 20 heavy (non-hydrogen) atoms. The van der Waals surface area contributed by atoms with Gasteiger partial charge in [-0.3, -0.25) is 0 Å². The van der Waals surface area contributed by atoms with Crippen LogP contribution in [0, 0.1) is 11.7 Å². The van der Waals surface area contributed by atoms with Gasteiger partial charge in [-0.1, -0.05) is 6.07 Å². The first-order valence-corrected chi connectivity index (χ1v) is 7.48. The molecule has 0 spiro atoms. The summed E-state index contributed by atoms with van der Waals surface area (Å²) >= 11 is 0. The number of hydrogen-bond acceptors (Lipinski definition) is 3. The average Bonchev–Trinajstić information content (AvgIpc) is 3.26. The molecule has 0 aliphatic heterocycles. The molecule has 0 aromatic heterocycles. The lowest BCUT2D eigenvalue weighted by molar-refractivity contribution is 0.199. The Bertz CT molecular complexity index is 421. The summed E-state index contributed by atoms with van der Waals surface area (Å²) in [6, 6.07) is 5.38. The van der Waals surface area contributed by atoms with Crippen LogP contribution < -0.4 is 10.2 Å². The number of anilines is 1. The minimum Gasteiger partial charge on any atom is -0.383 e. The lowest BCUT2D eigenvalue weighted by Crippen LogP contribution is -2.28. The molecule has 1 aliphatic rings. The first-order valence-electron chi connectivity index (χ1n) is 7.48. The van der Waals surface area contributed by atoms with E-state index < -0.39 is 0 Å². The van der Waals surface area contributed by atoms with Crippen LogP contribution in [-0.2, 0) is 11.3 Å². The highest BCUT2D eigenvalue weighted by Gasteiger charge is 2.25. The molecule has 0 amide bonds. The van der Waals surface area contributed by atoms with Gasteiger partial charge in [-0.2, -0.15) is 0 Å². The molecular weight excluding hydrogens is 255 g/mol. The van der Waals surface area contributed by atoms with Crippen LogP contribution >= 0.6 is 0 Å². The third-order valence-electron chi connectivity index (χ3n) is 3.78. The van der Waals surface area contributed by atoms with Gasteiger partial charge in [0.2, 0.25) is 0 Å². The number of halogens is 1. The van der Waals surface area contributed by atoms with Crippen LogP contribution in [0.5, 0.6) is 0 Å². The van der Waals surface area contributed by atoms with Crippen LogP contribution in [0.3, 0.4) is 0 Å². The van der Waals surface area contributed by atoms with Crippen molar-refractivity contribution in [2.75, 3.05) is 38.3 Å². The molecule has 0 atom stereocenters. The quantitative estimate of drug-likeness (QED) is 0.704. The Labute approximate surface area is 121 Å². The maximum atomic E-state index is 14.1. The van der Waals surface area contributed by atoms with E-state index in [9.17, 15) is 4.39 Å². The Balaban J connectivity index is 2.06. The molecule has 1 saturated carbocycles. The van der Waals surface area contributed by atoms with Gasteiger partial charge in [0, 0.05) is 44.5 Å². The van der Waals surface area contributed by atoms with Crippen LogP contribution in [0.4, 0.5) is 10.1 Å². The van der Waals surface area contributed by atoms with Crippen molar-refractivity contribution in [3.05, 3.63) is 29.6 Å². The molecule has 1 fully saturated rings. The summed E-state index contributed by atoms with van der Waals surface area (Å²) in [5.74, 6) is 0.675. The van der Waals surface area contributed by atoms with E-state index in [0.29, 0.717) is 13.2 Å². The SMILES string of the molecule is CCN(CC1CC1)c1cccc(F)c1CNCCOC. The van der Waals surface area contributed by atoms with Crippen molar-refractivity contribution < 1.29 is 9.13 Å². The number of rotatable bonds is 9. The monoisotopic (exact) mass is 280 g/mol. The predicted molar refractivity (Wildman–Crippen MR) is 80.6 cm³/mol. The van der Waals surface area contributed by atoms with Gasteiger partial charge in [0.05, 0.1) is 6.61 Å². The first-order chi connectivity index (χ1) is 9.76. The molecule has 0 heterocycles. The summed E-state index contributed by atoms with van der Waals surface area (Å²) in [6.07, 6.45) is 2.63. The lowest BCUT2D eigenvalue weighted by Gasteiger charge is -2.26. The fraction of sp³-hybridized carbons (Fsp3) is 0.625. The van der Waals surface area contributed by atoms with E-state index in [-0.39, 0.29) is 5.82 Å². The van der Waals surface area contributed by atoms with E-state index in [1.165, 1.54) is 12.8 Å². The maximum Gasteiger partial charge on any atom is 0.129 e. The van der Waals surface area contributed by atoms with Crippen molar-refractivity contribution in [3.63, 3.8) is 0 Å². The Morgan fingerprint density at radius 1 is 1.40 bits per heavy atom. The number of benzene rings is 1. The van der Waals surface area contributed by atoms with Gasteiger partial charge in [-0.25, -0.2) is 4.39 Å². The maximum absolute atomic E-state index is 14.1.